The Hall–Kier alpha value is -2.77. The van der Waals surface area contributed by atoms with E-state index in [1.54, 1.807) is 18.2 Å². The molecule has 0 amide bonds. The van der Waals surface area contributed by atoms with Crippen LogP contribution in [0.3, 0.4) is 0 Å². The molecule has 1 aliphatic rings. The van der Waals surface area contributed by atoms with Gasteiger partial charge in [0.25, 0.3) is 0 Å². The molecule has 0 aromatic heterocycles. The van der Waals surface area contributed by atoms with Gasteiger partial charge in [0.05, 0.1) is 0 Å². The van der Waals surface area contributed by atoms with Crippen molar-refractivity contribution in [2.24, 2.45) is 0 Å². The van der Waals surface area contributed by atoms with Crippen LogP contribution in [0.5, 0.6) is 0 Å². The summed E-state index contributed by atoms with van der Waals surface area (Å²) in [6.07, 6.45) is -6.02. The average molecular weight is 561 g/mol. The summed E-state index contributed by atoms with van der Waals surface area (Å²) >= 11 is 8.72. The fraction of sp³-hybridized carbons (Fsp3) is 0.476. The fourth-order valence-corrected chi connectivity index (χ4v) is 3.84. The number of thiocarbonyl (C=S) groups is 1. The standard InChI is InChI=1S/C21H25BrN2O9S/c1-10(25)29-9-16-17(30-11(2)26)18(31-12(3)27)19(32-13(4)28)20(33-16)24-21(34)23-15-7-5-6-14(22)8-15/h5-8,16-20H,9H2,1-4H3,(H2,23,24,34)/t16-,17+,18+,19+,20-/m0/s1. The molecule has 5 atom stereocenters. The van der Waals surface area contributed by atoms with Crippen LogP contribution in [0.15, 0.2) is 28.7 Å². The topological polar surface area (TPSA) is 138 Å². The second-order valence-electron chi connectivity index (χ2n) is 7.23. The van der Waals surface area contributed by atoms with Gasteiger partial charge in [-0.05, 0) is 30.4 Å². The van der Waals surface area contributed by atoms with Gasteiger partial charge in [-0.1, -0.05) is 22.0 Å². The van der Waals surface area contributed by atoms with Crippen LogP contribution in [0.25, 0.3) is 0 Å². The number of nitrogens with one attached hydrogen (secondary N) is 2. The fourth-order valence-electron chi connectivity index (χ4n) is 3.21. The molecule has 34 heavy (non-hydrogen) atoms. The van der Waals surface area contributed by atoms with Crippen LogP contribution in [0.2, 0.25) is 0 Å². The molecule has 11 nitrogen and oxygen atoms in total. The van der Waals surface area contributed by atoms with Gasteiger partial charge in [0, 0.05) is 37.9 Å². The number of halogens is 1. The molecule has 1 fully saturated rings. The Morgan fingerprint density at radius 2 is 1.53 bits per heavy atom. The van der Waals surface area contributed by atoms with Gasteiger partial charge in [0.1, 0.15) is 12.7 Å². The van der Waals surface area contributed by atoms with E-state index in [0.29, 0.717) is 5.69 Å². The second-order valence-corrected chi connectivity index (χ2v) is 8.55. The van der Waals surface area contributed by atoms with E-state index in [9.17, 15) is 19.2 Å². The van der Waals surface area contributed by atoms with Crippen molar-refractivity contribution < 1.29 is 42.9 Å². The summed E-state index contributed by atoms with van der Waals surface area (Å²) in [5, 5.41) is 5.93. The summed E-state index contributed by atoms with van der Waals surface area (Å²) < 4.78 is 27.9. The van der Waals surface area contributed by atoms with Gasteiger partial charge in [-0.25, -0.2) is 0 Å². The minimum Gasteiger partial charge on any atom is -0.463 e. The minimum atomic E-state index is -1.29. The zero-order valence-electron chi connectivity index (χ0n) is 18.9. The third kappa shape index (κ3) is 8.54. The van der Waals surface area contributed by atoms with E-state index in [2.05, 4.69) is 26.6 Å². The Kier molecular flexibility index (Phi) is 10.2. The zero-order chi connectivity index (χ0) is 25.4. The lowest BCUT2D eigenvalue weighted by atomic mass is 9.97. The van der Waals surface area contributed by atoms with Gasteiger partial charge in [0.2, 0.25) is 0 Å². The Labute approximate surface area is 209 Å². The first-order chi connectivity index (χ1) is 16.0. The van der Waals surface area contributed by atoms with Crippen molar-refractivity contribution in [2.75, 3.05) is 11.9 Å². The maximum atomic E-state index is 11.9. The van der Waals surface area contributed by atoms with Gasteiger partial charge >= 0.3 is 23.9 Å². The highest BCUT2D eigenvalue weighted by atomic mass is 79.9. The van der Waals surface area contributed by atoms with E-state index in [4.69, 9.17) is 35.9 Å². The molecule has 2 N–H and O–H groups in total. The number of anilines is 1. The quantitative estimate of drug-likeness (QED) is 0.285. The molecule has 0 spiro atoms. The molecule has 1 heterocycles. The molecule has 0 unspecified atom stereocenters. The summed E-state index contributed by atoms with van der Waals surface area (Å²) in [6.45, 7) is 4.32. The van der Waals surface area contributed by atoms with Crippen LogP contribution in [-0.2, 0) is 42.9 Å². The highest BCUT2D eigenvalue weighted by Gasteiger charge is 2.52. The van der Waals surface area contributed by atoms with Crippen molar-refractivity contribution in [2.45, 2.75) is 58.3 Å². The Morgan fingerprint density at radius 1 is 0.941 bits per heavy atom. The van der Waals surface area contributed by atoms with E-state index >= 15 is 0 Å². The lowest BCUT2D eigenvalue weighted by molar-refractivity contribution is -0.254. The summed E-state index contributed by atoms with van der Waals surface area (Å²) in [6, 6.07) is 7.18. The van der Waals surface area contributed by atoms with Crippen LogP contribution >= 0.6 is 28.1 Å². The van der Waals surface area contributed by atoms with Crippen LogP contribution in [0.4, 0.5) is 5.69 Å². The molecule has 0 saturated carbocycles. The van der Waals surface area contributed by atoms with E-state index in [-0.39, 0.29) is 11.7 Å². The number of carbonyl (C=O) groups is 4. The van der Waals surface area contributed by atoms with Crippen molar-refractivity contribution in [3.63, 3.8) is 0 Å². The highest BCUT2D eigenvalue weighted by Crippen LogP contribution is 2.28. The van der Waals surface area contributed by atoms with E-state index in [1.165, 1.54) is 6.92 Å². The third-order valence-corrected chi connectivity index (χ3v) is 5.06. The van der Waals surface area contributed by atoms with Gasteiger partial charge in [-0.2, -0.15) is 0 Å². The number of esters is 4. The smallest absolute Gasteiger partial charge is 0.303 e. The minimum absolute atomic E-state index is 0.0963. The zero-order valence-corrected chi connectivity index (χ0v) is 21.3. The van der Waals surface area contributed by atoms with Crippen molar-refractivity contribution in [3.8, 4) is 0 Å². The van der Waals surface area contributed by atoms with E-state index in [0.717, 1.165) is 25.2 Å². The largest absolute Gasteiger partial charge is 0.463 e. The molecular formula is C21H25BrN2O9S. The highest BCUT2D eigenvalue weighted by molar-refractivity contribution is 9.10. The molecule has 13 heteroatoms. The first-order valence-electron chi connectivity index (χ1n) is 10.1. The van der Waals surface area contributed by atoms with Gasteiger partial charge in [-0.3, -0.25) is 19.2 Å². The van der Waals surface area contributed by atoms with Crippen LogP contribution in [-0.4, -0.2) is 66.2 Å². The van der Waals surface area contributed by atoms with Crippen molar-refractivity contribution in [1.29, 1.82) is 0 Å². The first-order valence-corrected chi connectivity index (χ1v) is 11.3. The Balaban J connectivity index is 2.36. The van der Waals surface area contributed by atoms with Crippen molar-refractivity contribution in [1.82, 2.24) is 5.32 Å². The molecule has 1 aromatic rings. The molecule has 0 bridgehead atoms. The predicted octanol–water partition coefficient (Wildman–Crippen LogP) is 1.82. The monoisotopic (exact) mass is 560 g/mol. The van der Waals surface area contributed by atoms with Gasteiger partial charge < -0.3 is 34.3 Å². The average Bonchev–Trinajstić information content (AvgIpc) is 2.70. The Bertz CT molecular complexity index is 945. The molecule has 186 valence electrons. The second kappa shape index (κ2) is 12.6. The van der Waals surface area contributed by atoms with E-state index in [1.807, 2.05) is 6.07 Å². The summed E-state index contributed by atoms with van der Waals surface area (Å²) in [5.74, 6) is -2.74. The van der Waals surface area contributed by atoms with E-state index < -0.39 is 54.5 Å². The summed E-state index contributed by atoms with van der Waals surface area (Å²) in [7, 11) is 0. The van der Waals surface area contributed by atoms with Crippen LogP contribution < -0.4 is 10.6 Å². The number of ether oxygens (including phenoxy) is 5. The summed E-state index contributed by atoms with van der Waals surface area (Å²) in [5.41, 5.74) is 0.650. The van der Waals surface area contributed by atoms with Crippen LogP contribution in [0, 0.1) is 0 Å². The van der Waals surface area contributed by atoms with Crippen molar-refractivity contribution >= 4 is 62.8 Å². The number of hydrogen-bond acceptors (Lipinski definition) is 10. The number of carbonyl (C=O) groups excluding carboxylic acids is 4. The number of rotatable bonds is 7. The molecule has 1 saturated heterocycles. The normalized spacial score (nSPS) is 23.7. The molecule has 1 aliphatic heterocycles. The van der Waals surface area contributed by atoms with Gasteiger partial charge in [0.15, 0.2) is 29.7 Å². The third-order valence-electron chi connectivity index (χ3n) is 4.35. The first kappa shape index (κ1) is 27.5. The molecule has 0 radical (unpaired) electrons. The predicted molar refractivity (Wildman–Crippen MR) is 125 cm³/mol. The lowest BCUT2D eigenvalue weighted by Crippen LogP contribution is -2.66. The lowest BCUT2D eigenvalue weighted by Gasteiger charge is -2.44. The molecule has 2 rings (SSSR count). The SMILES string of the molecule is CC(=O)OC[C@@H]1O[C@H](NC(=S)Nc2cccc(Br)c2)[C@H](OC(C)=O)[C@H](OC(C)=O)[C@@H]1OC(C)=O. The molecule has 1 aromatic carbocycles. The maximum Gasteiger partial charge on any atom is 0.303 e. The summed E-state index contributed by atoms with van der Waals surface area (Å²) in [4.78, 5) is 46.9. The van der Waals surface area contributed by atoms with Crippen LogP contribution in [0.1, 0.15) is 27.7 Å². The maximum absolute atomic E-state index is 11.9. The Morgan fingerprint density at radius 3 is 2.09 bits per heavy atom. The van der Waals surface area contributed by atoms with Gasteiger partial charge in [-0.15, -0.1) is 0 Å². The van der Waals surface area contributed by atoms with Crippen molar-refractivity contribution in [3.05, 3.63) is 28.7 Å². The molecular weight excluding hydrogens is 536 g/mol. The number of hydrogen-bond donors (Lipinski definition) is 2. The molecule has 0 aliphatic carbocycles. The number of benzene rings is 1.